The zero-order chi connectivity index (χ0) is 29.1. The summed E-state index contributed by atoms with van der Waals surface area (Å²) in [6, 6.07) is 10.4. The van der Waals surface area contributed by atoms with Crippen LogP contribution in [0.5, 0.6) is 5.75 Å². The fraction of sp³-hybridized carbons (Fsp3) is 0.259. The van der Waals surface area contributed by atoms with Crippen molar-refractivity contribution < 1.29 is 43.7 Å². The molecule has 1 atom stereocenters. The molecule has 0 aromatic heterocycles. The van der Waals surface area contributed by atoms with Gasteiger partial charge in [0.1, 0.15) is 17.6 Å². The molecule has 0 aliphatic carbocycles. The van der Waals surface area contributed by atoms with Crippen molar-refractivity contribution in [3.05, 3.63) is 70.8 Å². The topological polar surface area (TPSA) is 197 Å². The van der Waals surface area contributed by atoms with Crippen molar-refractivity contribution in [3.63, 3.8) is 0 Å². The first kappa shape index (κ1) is 30.2. The van der Waals surface area contributed by atoms with Crippen molar-refractivity contribution >= 4 is 41.7 Å². The summed E-state index contributed by atoms with van der Waals surface area (Å²) in [5.41, 5.74) is 6.68. The van der Waals surface area contributed by atoms with Gasteiger partial charge in [-0.2, -0.15) is 0 Å². The Kier molecular flexibility index (Phi) is 10.9. The molecule has 2 aromatic carbocycles. The van der Waals surface area contributed by atoms with Crippen LogP contribution in [0.15, 0.2) is 54.1 Å². The van der Waals surface area contributed by atoms with Gasteiger partial charge < -0.3 is 30.3 Å². The number of carboxylic acid groups (broad SMARTS) is 2. The second-order valence-corrected chi connectivity index (χ2v) is 8.28. The second kappa shape index (κ2) is 14.1. The number of amides is 1. The maximum Gasteiger partial charge on any atom is 0.343 e. The minimum atomic E-state index is -1.70. The van der Waals surface area contributed by atoms with Crippen LogP contribution < -0.4 is 10.5 Å². The third-order valence-electron chi connectivity index (χ3n) is 5.40. The zero-order valence-corrected chi connectivity index (χ0v) is 21.4. The van der Waals surface area contributed by atoms with Gasteiger partial charge in [-0.05, 0) is 61.9 Å². The van der Waals surface area contributed by atoms with Crippen LogP contribution in [0.2, 0.25) is 0 Å². The van der Waals surface area contributed by atoms with E-state index >= 15 is 0 Å². The first-order valence-corrected chi connectivity index (χ1v) is 11.8. The number of esters is 2. The highest BCUT2D eigenvalue weighted by Gasteiger charge is 2.32. The van der Waals surface area contributed by atoms with E-state index in [-0.39, 0.29) is 42.3 Å². The van der Waals surface area contributed by atoms with E-state index in [9.17, 15) is 29.1 Å². The number of benzene rings is 2. The van der Waals surface area contributed by atoms with Gasteiger partial charge in [-0.15, -0.1) is 0 Å². The molecule has 0 spiro atoms. The number of hydrogen-bond donors (Lipinski definition) is 4. The lowest BCUT2D eigenvalue weighted by molar-refractivity contribution is -0.154. The van der Waals surface area contributed by atoms with E-state index in [0.29, 0.717) is 11.1 Å². The molecule has 0 fully saturated rings. The zero-order valence-electron chi connectivity index (χ0n) is 21.4. The van der Waals surface area contributed by atoms with Gasteiger partial charge in [0.05, 0.1) is 25.0 Å². The van der Waals surface area contributed by atoms with Crippen LogP contribution in [0, 0.1) is 5.41 Å². The fourth-order valence-corrected chi connectivity index (χ4v) is 3.46. The molecule has 0 radical (unpaired) electrons. The number of nitrogens with two attached hydrogens (primary N) is 1. The summed E-state index contributed by atoms with van der Waals surface area (Å²) in [6.45, 7) is 2.76. The highest BCUT2D eigenvalue weighted by molar-refractivity contribution is 6.00. The van der Waals surface area contributed by atoms with Crippen LogP contribution in [-0.2, 0) is 23.9 Å². The first-order chi connectivity index (χ1) is 18.4. The van der Waals surface area contributed by atoms with E-state index in [1.807, 2.05) is 0 Å². The van der Waals surface area contributed by atoms with Gasteiger partial charge in [-0.25, -0.2) is 9.59 Å². The van der Waals surface area contributed by atoms with E-state index < -0.39 is 42.2 Å². The Labute approximate surface area is 224 Å². The maximum atomic E-state index is 13.1. The largest absolute Gasteiger partial charge is 0.481 e. The average Bonchev–Trinajstić information content (AvgIpc) is 2.88. The Morgan fingerprint density at radius 1 is 1.00 bits per heavy atom. The number of carboxylic acids is 2. The second-order valence-electron chi connectivity index (χ2n) is 8.28. The SMILES string of the molecule is CCOC(=O)CCN(C(=O)/C(C)=C/c1ccc(C(=O)Oc2ccc(C(=N)N)cc2)cc1)C(CC(=O)O)C(=O)O. The van der Waals surface area contributed by atoms with Crippen LogP contribution in [0.25, 0.3) is 6.08 Å². The lowest BCUT2D eigenvalue weighted by Gasteiger charge is -2.28. The number of amidine groups is 1. The van der Waals surface area contributed by atoms with E-state index in [4.69, 9.17) is 25.7 Å². The van der Waals surface area contributed by atoms with Gasteiger partial charge in [-0.3, -0.25) is 19.8 Å². The molecule has 12 nitrogen and oxygen atoms in total. The minimum absolute atomic E-state index is 0.0800. The van der Waals surface area contributed by atoms with Gasteiger partial charge in [0.25, 0.3) is 0 Å². The standard InChI is InChI=1S/C27H29N3O9/c1-3-38-23(33)12-13-30(21(26(35)36)15-22(31)32)25(34)16(2)14-17-4-6-19(7-5-17)27(37)39-20-10-8-18(9-11-20)24(28)29/h4-11,14,21H,3,12-13,15H2,1-2H3,(H3,28,29)(H,31,32)(H,35,36)/b16-14+. The molecule has 206 valence electrons. The van der Waals surface area contributed by atoms with E-state index in [1.54, 1.807) is 31.2 Å². The Morgan fingerprint density at radius 2 is 1.59 bits per heavy atom. The van der Waals surface area contributed by atoms with Crippen molar-refractivity contribution in [1.29, 1.82) is 5.41 Å². The number of aliphatic carboxylic acids is 2. The Morgan fingerprint density at radius 3 is 2.10 bits per heavy atom. The van der Waals surface area contributed by atoms with E-state index in [2.05, 4.69) is 0 Å². The molecule has 1 unspecified atom stereocenters. The summed E-state index contributed by atoms with van der Waals surface area (Å²) >= 11 is 0. The molecule has 0 bridgehead atoms. The molecule has 0 aliphatic rings. The quantitative estimate of drug-likeness (QED) is 0.0963. The number of carbonyl (C=O) groups is 5. The van der Waals surface area contributed by atoms with E-state index in [0.717, 1.165) is 4.90 Å². The maximum absolute atomic E-state index is 13.1. The average molecular weight is 540 g/mol. The smallest absolute Gasteiger partial charge is 0.343 e. The molecule has 39 heavy (non-hydrogen) atoms. The molecule has 1 amide bonds. The van der Waals surface area contributed by atoms with Crippen LogP contribution in [-0.4, -0.2) is 69.9 Å². The van der Waals surface area contributed by atoms with Gasteiger partial charge in [0.2, 0.25) is 5.91 Å². The van der Waals surface area contributed by atoms with Crippen molar-refractivity contribution in [2.24, 2.45) is 5.73 Å². The first-order valence-electron chi connectivity index (χ1n) is 11.8. The number of rotatable bonds is 13. The number of nitrogen functional groups attached to an aromatic ring is 1. The Bertz CT molecular complexity index is 1270. The summed E-state index contributed by atoms with van der Waals surface area (Å²) in [5.74, 6) is -4.88. The predicted molar refractivity (Wildman–Crippen MR) is 139 cm³/mol. The molecular weight excluding hydrogens is 510 g/mol. The van der Waals surface area contributed by atoms with Crippen LogP contribution in [0.1, 0.15) is 48.2 Å². The van der Waals surface area contributed by atoms with Gasteiger partial charge in [-0.1, -0.05) is 12.1 Å². The predicted octanol–water partition coefficient (Wildman–Crippen LogP) is 2.30. The monoisotopic (exact) mass is 539 g/mol. The van der Waals surface area contributed by atoms with Crippen molar-refractivity contribution in [2.45, 2.75) is 32.7 Å². The van der Waals surface area contributed by atoms with Crippen molar-refractivity contribution in [3.8, 4) is 5.75 Å². The molecular formula is C27H29N3O9. The summed E-state index contributed by atoms with van der Waals surface area (Å²) in [4.78, 5) is 61.2. The van der Waals surface area contributed by atoms with Gasteiger partial charge in [0, 0.05) is 17.7 Å². The van der Waals surface area contributed by atoms with Crippen LogP contribution >= 0.6 is 0 Å². The number of ether oxygens (including phenoxy) is 2. The third-order valence-corrected chi connectivity index (χ3v) is 5.40. The molecule has 0 saturated carbocycles. The Hall–Kier alpha value is -5.00. The lowest BCUT2D eigenvalue weighted by atomic mass is 10.1. The third kappa shape index (κ3) is 9.11. The summed E-state index contributed by atoms with van der Waals surface area (Å²) in [6.07, 6.45) is 0.269. The van der Waals surface area contributed by atoms with Crippen LogP contribution in [0.4, 0.5) is 0 Å². The number of nitrogens with zero attached hydrogens (tertiary/aromatic N) is 1. The molecule has 2 rings (SSSR count). The molecule has 5 N–H and O–H groups in total. The van der Waals surface area contributed by atoms with Gasteiger partial charge >= 0.3 is 23.9 Å². The summed E-state index contributed by atoms with van der Waals surface area (Å²) < 4.78 is 10.1. The number of nitrogens with one attached hydrogen (secondary N) is 1. The number of carbonyl (C=O) groups excluding carboxylic acids is 3. The minimum Gasteiger partial charge on any atom is -0.481 e. The van der Waals surface area contributed by atoms with Gasteiger partial charge in [0.15, 0.2) is 0 Å². The highest BCUT2D eigenvalue weighted by atomic mass is 16.5. The molecule has 2 aromatic rings. The summed E-state index contributed by atoms with van der Waals surface area (Å²) in [5, 5.41) is 26.1. The highest BCUT2D eigenvalue weighted by Crippen LogP contribution is 2.17. The number of hydrogen-bond acceptors (Lipinski definition) is 8. The van der Waals surface area contributed by atoms with Crippen LogP contribution in [0.3, 0.4) is 0 Å². The fourth-order valence-electron chi connectivity index (χ4n) is 3.46. The van der Waals surface area contributed by atoms with Crippen molar-refractivity contribution in [1.82, 2.24) is 4.90 Å². The molecule has 0 aliphatic heterocycles. The molecule has 12 heteroatoms. The lowest BCUT2D eigenvalue weighted by Crippen LogP contribution is -2.47. The Balaban J connectivity index is 2.20. The molecule has 0 saturated heterocycles. The van der Waals surface area contributed by atoms with E-state index in [1.165, 1.54) is 37.3 Å². The summed E-state index contributed by atoms with van der Waals surface area (Å²) in [7, 11) is 0. The normalized spacial score (nSPS) is 11.7. The van der Waals surface area contributed by atoms with Crippen molar-refractivity contribution in [2.75, 3.05) is 13.2 Å². The molecule has 0 heterocycles.